The average Bonchev–Trinajstić information content (AvgIpc) is 3.51. The Morgan fingerprint density at radius 1 is 0.474 bits per heavy atom. The molecule has 5 heterocycles. The molecule has 0 bridgehead atoms. The minimum atomic E-state index is 0.832. The van der Waals surface area contributed by atoms with Crippen LogP contribution in [0.25, 0.3) is 66.5 Å². The molecule has 0 saturated carbocycles. The third kappa shape index (κ3) is 2.96. The van der Waals surface area contributed by atoms with Crippen molar-refractivity contribution in [2.75, 3.05) is 0 Å². The summed E-state index contributed by atoms with van der Waals surface area (Å²) in [5.74, 6) is 0.832. The van der Waals surface area contributed by atoms with Crippen molar-refractivity contribution >= 4 is 43.9 Å². The number of para-hydroxylation sites is 2. The molecule has 38 heavy (non-hydrogen) atoms. The number of fused-ring (bicyclic) bond motifs is 7. The number of rotatable bonds is 3. The lowest BCUT2D eigenvalue weighted by Gasteiger charge is -2.12. The van der Waals surface area contributed by atoms with E-state index in [1.165, 1.54) is 0 Å². The maximum Gasteiger partial charge on any atom is 0.138 e. The highest BCUT2D eigenvalue weighted by Crippen LogP contribution is 2.39. The van der Waals surface area contributed by atoms with Crippen LogP contribution in [0, 0.1) is 0 Å². The van der Waals surface area contributed by atoms with Crippen LogP contribution in [-0.2, 0) is 0 Å². The van der Waals surface area contributed by atoms with Gasteiger partial charge in [0.1, 0.15) is 22.4 Å². The van der Waals surface area contributed by atoms with Gasteiger partial charge in [0.25, 0.3) is 0 Å². The number of nitrogens with zero attached hydrogens (tertiary/aromatic N) is 5. The molecular formula is C33H21N5. The third-order valence-corrected chi connectivity index (χ3v) is 7.26. The molecule has 0 aliphatic carbocycles. The van der Waals surface area contributed by atoms with E-state index < -0.39 is 0 Å². The highest BCUT2D eigenvalue weighted by molar-refractivity contribution is 6.21. The Balaban J connectivity index is 1.57. The van der Waals surface area contributed by atoms with Gasteiger partial charge in [0, 0.05) is 35.1 Å². The van der Waals surface area contributed by atoms with Gasteiger partial charge in [0.05, 0.1) is 16.6 Å². The molecule has 0 N–H and O–H groups in total. The van der Waals surface area contributed by atoms with Crippen molar-refractivity contribution in [2.45, 2.75) is 0 Å². The Labute approximate surface area is 218 Å². The predicted molar refractivity (Wildman–Crippen MR) is 154 cm³/mol. The van der Waals surface area contributed by atoms with E-state index in [2.05, 4.69) is 106 Å². The molecular weight excluding hydrogens is 466 g/mol. The lowest BCUT2D eigenvalue weighted by Crippen LogP contribution is -2.01. The molecule has 5 heteroatoms. The number of pyridine rings is 3. The van der Waals surface area contributed by atoms with Gasteiger partial charge in [-0.15, -0.1) is 0 Å². The summed E-state index contributed by atoms with van der Waals surface area (Å²) in [4.78, 5) is 14.6. The van der Waals surface area contributed by atoms with Gasteiger partial charge in [-0.25, -0.2) is 4.98 Å². The standard InChI is InChI=1S/C33H21N5/c1-3-10-22(11-4-1)23-17-19-34-29(20-23)38-28-16-9-18-35-30(28)31-33(38)32-26(21-36-31)25-14-7-8-15-27(25)37(32)24-12-5-2-6-13-24/h1-21H. The first-order chi connectivity index (χ1) is 18.9. The van der Waals surface area contributed by atoms with Gasteiger partial charge in [0.15, 0.2) is 0 Å². The molecule has 0 aliphatic rings. The summed E-state index contributed by atoms with van der Waals surface area (Å²) < 4.78 is 4.56. The fraction of sp³-hybridized carbons (Fsp3) is 0. The van der Waals surface area contributed by atoms with Crippen molar-refractivity contribution in [3.05, 3.63) is 128 Å². The van der Waals surface area contributed by atoms with Gasteiger partial charge in [-0.3, -0.25) is 14.5 Å². The molecule has 5 nitrogen and oxygen atoms in total. The minimum absolute atomic E-state index is 0.832. The zero-order valence-electron chi connectivity index (χ0n) is 20.4. The molecule has 0 amide bonds. The largest absolute Gasteiger partial charge is 0.307 e. The van der Waals surface area contributed by atoms with Crippen LogP contribution in [0.2, 0.25) is 0 Å². The van der Waals surface area contributed by atoms with Crippen molar-refractivity contribution in [1.82, 2.24) is 24.1 Å². The minimum Gasteiger partial charge on any atom is -0.307 e. The number of hydrogen-bond donors (Lipinski definition) is 0. The fourth-order valence-electron chi connectivity index (χ4n) is 5.63. The van der Waals surface area contributed by atoms with E-state index in [4.69, 9.17) is 15.0 Å². The highest BCUT2D eigenvalue weighted by Gasteiger charge is 2.23. The quantitative estimate of drug-likeness (QED) is 0.256. The van der Waals surface area contributed by atoms with Crippen LogP contribution in [0.15, 0.2) is 128 Å². The summed E-state index contributed by atoms with van der Waals surface area (Å²) in [7, 11) is 0. The molecule has 5 aromatic heterocycles. The van der Waals surface area contributed by atoms with Gasteiger partial charge in [0.2, 0.25) is 0 Å². The lowest BCUT2D eigenvalue weighted by molar-refractivity contribution is 1.07. The zero-order chi connectivity index (χ0) is 25.1. The lowest BCUT2D eigenvalue weighted by atomic mass is 10.1. The van der Waals surface area contributed by atoms with Gasteiger partial charge in [-0.05, 0) is 53.6 Å². The van der Waals surface area contributed by atoms with Crippen LogP contribution in [0.4, 0.5) is 0 Å². The molecule has 8 rings (SSSR count). The monoisotopic (exact) mass is 487 g/mol. The first kappa shape index (κ1) is 20.9. The summed E-state index contributed by atoms with van der Waals surface area (Å²) in [5, 5.41) is 2.26. The zero-order valence-corrected chi connectivity index (χ0v) is 20.4. The van der Waals surface area contributed by atoms with Gasteiger partial charge in [-0.1, -0.05) is 66.7 Å². The van der Waals surface area contributed by atoms with E-state index in [1.54, 1.807) is 0 Å². The Hall–Kier alpha value is -5.29. The molecule has 0 aliphatic heterocycles. The summed E-state index contributed by atoms with van der Waals surface area (Å²) in [6.45, 7) is 0. The van der Waals surface area contributed by atoms with E-state index in [1.807, 2.05) is 30.7 Å². The third-order valence-electron chi connectivity index (χ3n) is 7.26. The molecule has 8 aromatic rings. The summed E-state index contributed by atoms with van der Waals surface area (Å²) in [5.41, 5.74) is 9.28. The first-order valence-corrected chi connectivity index (χ1v) is 12.6. The topological polar surface area (TPSA) is 48.5 Å². The Morgan fingerprint density at radius 2 is 1.24 bits per heavy atom. The van der Waals surface area contributed by atoms with Crippen LogP contribution < -0.4 is 0 Å². The van der Waals surface area contributed by atoms with E-state index in [0.29, 0.717) is 0 Å². The molecule has 0 spiro atoms. The molecule has 0 radical (unpaired) electrons. The Kier molecular flexibility index (Phi) is 4.45. The van der Waals surface area contributed by atoms with E-state index in [9.17, 15) is 0 Å². The molecule has 0 saturated heterocycles. The van der Waals surface area contributed by atoms with Gasteiger partial charge in [-0.2, -0.15) is 0 Å². The summed E-state index contributed by atoms with van der Waals surface area (Å²) in [6, 6.07) is 37.7. The fourth-order valence-corrected chi connectivity index (χ4v) is 5.63. The van der Waals surface area contributed by atoms with Crippen LogP contribution >= 0.6 is 0 Å². The first-order valence-electron chi connectivity index (χ1n) is 12.6. The molecule has 0 atom stereocenters. The van der Waals surface area contributed by atoms with Crippen LogP contribution in [0.5, 0.6) is 0 Å². The second kappa shape index (κ2) is 8.11. The molecule has 3 aromatic carbocycles. The van der Waals surface area contributed by atoms with Gasteiger partial charge >= 0.3 is 0 Å². The predicted octanol–water partition coefficient (Wildman–Crippen LogP) is 7.73. The van der Waals surface area contributed by atoms with Crippen molar-refractivity contribution < 1.29 is 0 Å². The number of benzene rings is 3. The maximum atomic E-state index is 5.00. The van der Waals surface area contributed by atoms with Crippen LogP contribution in [-0.4, -0.2) is 24.1 Å². The van der Waals surface area contributed by atoms with Crippen molar-refractivity contribution in [3.8, 4) is 22.6 Å². The summed E-state index contributed by atoms with van der Waals surface area (Å²) >= 11 is 0. The Morgan fingerprint density at radius 3 is 2.11 bits per heavy atom. The SMILES string of the molecule is c1ccc(-c2ccnc(-n3c4cccnc4c4ncc5c6ccccc6n(-c6ccccc6)c5c43)c2)cc1. The maximum absolute atomic E-state index is 5.00. The van der Waals surface area contributed by atoms with E-state index in [-0.39, 0.29) is 0 Å². The van der Waals surface area contributed by atoms with Crippen LogP contribution in [0.3, 0.4) is 0 Å². The van der Waals surface area contributed by atoms with Gasteiger partial charge < -0.3 is 4.57 Å². The Bertz CT molecular complexity index is 2120. The van der Waals surface area contributed by atoms with E-state index >= 15 is 0 Å². The summed E-state index contributed by atoms with van der Waals surface area (Å²) in [6.07, 6.45) is 5.70. The number of hydrogen-bond acceptors (Lipinski definition) is 3. The number of aromatic nitrogens is 5. The smallest absolute Gasteiger partial charge is 0.138 e. The average molecular weight is 488 g/mol. The van der Waals surface area contributed by atoms with Crippen molar-refractivity contribution in [1.29, 1.82) is 0 Å². The molecule has 0 unspecified atom stereocenters. The van der Waals surface area contributed by atoms with Crippen molar-refractivity contribution in [2.24, 2.45) is 0 Å². The van der Waals surface area contributed by atoms with Crippen molar-refractivity contribution in [3.63, 3.8) is 0 Å². The highest BCUT2D eigenvalue weighted by atomic mass is 15.1. The van der Waals surface area contributed by atoms with Crippen LogP contribution in [0.1, 0.15) is 0 Å². The normalized spacial score (nSPS) is 11.7. The molecule has 0 fully saturated rings. The second-order valence-corrected chi connectivity index (χ2v) is 9.38. The van der Waals surface area contributed by atoms with E-state index in [0.717, 1.165) is 66.5 Å². The second-order valence-electron chi connectivity index (χ2n) is 9.38. The molecule has 178 valence electrons.